The lowest BCUT2D eigenvalue weighted by Crippen LogP contribution is -2.44. The SMILES string of the molecule is CNCC1CCN(CC(C)(C)O)CC1. The highest BCUT2D eigenvalue weighted by molar-refractivity contribution is 4.78. The Labute approximate surface area is 87.5 Å². The molecule has 1 aliphatic rings. The van der Waals surface area contributed by atoms with Gasteiger partial charge in [-0.05, 0) is 59.3 Å². The van der Waals surface area contributed by atoms with E-state index in [0.29, 0.717) is 0 Å². The molecule has 0 aromatic heterocycles. The molecule has 0 unspecified atom stereocenters. The van der Waals surface area contributed by atoms with Crippen molar-refractivity contribution in [3.05, 3.63) is 0 Å². The monoisotopic (exact) mass is 200 g/mol. The molecule has 14 heavy (non-hydrogen) atoms. The summed E-state index contributed by atoms with van der Waals surface area (Å²) in [7, 11) is 2.02. The topological polar surface area (TPSA) is 35.5 Å². The minimum Gasteiger partial charge on any atom is -0.389 e. The van der Waals surface area contributed by atoms with Crippen LogP contribution in [0.4, 0.5) is 0 Å². The zero-order chi connectivity index (χ0) is 10.6. The van der Waals surface area contributed by atoms with E-state index in [1.54, 1.807) is 0 Å². The summed E-state index contributed by atoms with van der Waals surface area (Å²) in [6.07, 6.45) is 2.52. The molecule has 1 fully saturated rings. The first-order valence-electron chi connectivity index (χ1n) is 5.60. The van der Waals surface area contributed by atoms with E-state index >= 15 is 0 Å². The van der Waals surface area contributed by atoms with Crippen LogP contribution in [0.15, 0.2) is 0 Å². The predicted molar refractivity (Wildman–Crippen MR) is 59.4 cm³/mol. The smallest absolute Gasteiger partial charge is 0.0718 e. The Balaban J connectivity index is 2.22. The molecule has 0 bridgehead atoms. The van der Waals surface area contributed by atoms with Gasteiger partial charge in [0.05, 0.1) is 5.60 Å². The van der Waals surface area contributed by atoms with Crippen molar-refractivity contribution in [1.29, 1.82) is 0 Å². The standard InChI is InChI=1S/C11H24N2O/c1-11(2,14)9-13-6-4-10(5-7-13)8-12-3/h10,12,14H,4-9H2,1-3H3. The van der Waals surface area contributed by atoms with Crippen molar-refractivity contribution in [2.24, 2.45) is 5.92 Å². The molecule has 0 saturated carbocycles. The number of rotatable bonds is 4. The summed E-state index contributed by atoms with van der Waals surface area (Å²) in [6, 6.07) is 0. The second-order valence-corrected chi connectivity index (χ2v) is 5.09. The van der Waals surface area contributed by atoms with Crippen LogP contribution in [0, 0.1) is 5.92 Å². The molecule has 0 radical (unpaired) electrons. The van der Waals surface area contributed by atoms with E-state index in [-0.39, 0.29) is 0 Å². The van der Waals surface area contributed by atoms with Crippen LogP contribution in [0.3, 0.4) is 0 Å². The first kappa shape index (κ1) is 12.0. The maximum absolute atomic E-state index is 9.69. The Kier molecular flexibility index (Phi) is 4.35. The number of aliphatic hydroxyl groups is 1. The van der Waals surface area contributed by atoms with Crippen LogP contribution in [0.2, 0.25) is 0 Å². The third kappa shape index (κ3) is 4.40. The van der Waals surface area contributed by atoms with E-state index < -0.39 is 5.60 Å². The van der Waals surface area contributed by atoms with E-state index in [4.69, 9.17) is 0 Å². The average Bonchev–Trinajstić information content (AvgIpc) is 2.06. The molecule has 0 aromatic rings. The molecule has 84 valence electrons. The zero-order valence-electron chi connectivity index (χ0n) is 9.71. The van der Waals surface area contributed by atoms with Crippen LogP contribution in [0.1, 0.15) is 26.7 Å². The third-order valence-electron chi connectivity index (χ3n) is 2.81. The number of hydrogen-bond donors (Lipinski definition) is 2. The van der Waals surface area contributed by atoms with Crippen molar-refractivity contribution in [3.63, 3.8) is 0 Å². The van der Waals surface area contributed by atoms with E-state index in [1.807, 2.05) is 20.9 Å². The largest absolute Gasteiger partial charge is 0.389 e. The molecule has 0 aromatic carbocycles. The normalized spacial score (nSPS) is 21.4. The molecule has 3 heteroatoms. The molecule has 1 rings (SSSR count). The minimum absolute atomic E-state index is 0.546. The number of nitrogens with zero attached hydrogens (tertiary/aromatic N) is 1. The van der Waals surface area contributed by atoms with Gasteiger partial charge in [0, 0.05) is 6.54 Å². The molecule has 0 amide bonds. The molecule has 3 nitrogen and oxygen atoms in total. The van der Waals surface area contributed by atoms with Crippen molar-refractivity contribution in [1.82, 2.24) is 10.2 Å². The first-order valence-corrected chi connectivity index (χ1v) is 5.60. The van der Waals surface area contributed by atoms with Crippen molar-refractivity contribution in [3.8, 4) is 0 Å². The van der Waals surface area contributed by atoms with Gasteiger partial charge < -0.3 is 15.3 Å². The highest BCUT2D eigenvalue weighted by Gasteiger charge is 2.23. The maximum Gasteiger partial charge on any atom is 0.0718 e. The lowest BCUT2D eigenvalue weighted by Gasteiger charge is -2.35. The fraction of sp³-hybridized carbons (Fsp3) is 1.00. The van der Waals surface area contributed by atoms with Gasteiger partial charge in [-0.1, -0.05) is 0 Å². The Morgan fingerprint density at radius 3 is 2.36 bits per heavy atom. The van der Waals surface area contributed by atoms with Crippen molar-refractivity contribution >= 4 is 0 Å². The van der Waals surface area contributed by atoms with Crippen LogP contribution >= 0.6 is 0 Å². The quantitative estimate of drug-likeness (QED) is 0.701. The molecular weight excluding hydrogens is 176 g/mol. The molecule has 1 saturated heterocycles. The van der Waals surface area contributed by atoms with Crippen LogP contribution in [0.5, 0.6) is 0 Å². The van der Waals surface area contributed by atoms with Crippen LogP contribution < -0.4 is 5.32 Å². The molecule has 1 heterocycles. The summed E-state index contributed by atoms with van der Waals surface area (Å²) in [4.78, 5) is 2.37. The number of piperidine rings is 1. The number of β-amino-alcohol motifs (C(OH)–C–C–N with tert-alkyl or cyclic N) is 1. The summed E-state index contributed by atoms with van der Waals surface area (Å²) in [5.41, 5.74) is -0.546. The summed E-state index contributed by atoms with van der Waals surface area (Å²) in [6.45, 7) is 7.97. The van der Waals surface area contributed by atoms with Gasteiger partial charge >= 0.3 is 0 Å². The lowest BCUT2D eigenvalue weighted by atomic mass is 9.96. The van der Waals surface area contributed by atoms with Gasteiger partial charge in [-0.25, -0.2) is 0 Å². The van der Waals surface area contributed by atoms with Gasteiger partial charge in [0.25, 0.3) is 0 Å². The van der Waals surface area contributed by atoms with Crippen LogP contribution in [-0.4, -0.2) is 48.8 Å². The van der Waals surface area contributed by atoms with Crippen LogP contribution in [-0.2, 0) is 0 Å². The Bertz CT molecular complexity index is 157. The van der Waals surface area contributed by atoms with Gasteiger partial charge in [-0.15, -0.1) is 0 Å². The van der Waals surface area contributed by atoms with E-state index in [9.17, 15) is 5.11 Å². The molecule has 0 atom stereocenters. The van der Waals surface area contributed by atoms with Crippen molar-refractivity contribution in [2.75, 3.05) is 33.2 Å². The maximum atomic E-state index is 9.69. The molecular formula is C11H24N2O. The van der Waals surface area contributed by atoms with E-state index in [0.717, 1.165) is 32.1 Å². The summed E-state index contributed by atoms with van der Waals surface area (Å²) in [5.74, 6) is 0.832. The highest BCUT2D eigenvalue weighted by Crippen LogP contribution is 2.18. The highest BCUT2D eigenvalue weighted by atomic mass is 16.3. The molecule has 1 aliphatic heterocycles. The van der Waals surface area contributed by atoms with Crippen molar-refractivity contribution < 1.29 is 5.11 Å². The number of nitrogens with one attached hydrogen (secondary N) is 1. The van der Waals surface area contributed by atoms with E-state index in [2.05, 4.69) is 10.2 Å². The first-order chi connectivity index (χ1) is 6.51. The van der Waals surface area contributed by atoms with Gasteiger partial charge in [0.2, 0.25) is 0 Å². The number of hydrogen-bond acceptors (Lipinski definition) is 3. The van der Waals surface area contributed by atoms with Gasteiger partial charge in [0.15, 0.2) is 0 Å². The minimum atomic E-state index is -0.546. The Hall–Kier alpha value is -0.120. The predicted octanol–water partition coefficient (Wildman–Crippen LogP) is 0.689. The van der Waals surface area contributed by atoms with Crippen molar-refractivity contribution in [2.45, 2.75) is 32.3 Å². The van der Waals surface area contributed by atoms with Crippen LogP contribution in [0.25, 0.3) is 0 Å². The second kappa shape index (κ2) is 5.10. The molecule has 0 aliphatic carbocycles. The van der Waals surface area contributed by atoms with Gasteiger partial charge in [0.1, 0.15) is 0 Å². The second-order valence-electron chi connectivity index (χ2n) is 5.09. The third-order valence-corrected chi connectivity index (χ3v) is 2.81. The average molecular weight is 200 g/mol. The van der Waals surface area contributed by atoms with Gasteiger partial charge in [-0.2, -0.15) is 0 Å². The summed E-state index contributed by atoms with van der Waals surface area (Å²) < 4.78 is 0. The lowest BCUT2D eigenvalue weighted by molar-refractivity contribution is 0.0246. The van der Waals surface area contributed by atoms with Gasteiger partial charge in [-0.3, -0.25) is 0 Å². The fourth-order valence-corrected chi connectivity index (χ4v) is 2.18. The summed E-state index contributed by atoms with van der Waals surface area (Å²) in [5, 5.41) is 12.9. The Morgan fingerprint density at radius 1 is 1.36 bits per heavy atom. The fourth-order valence-electron chi connectivity index (χ4n) is 2.18. The number of likely N-dealkylation sites (tertiary alicyclic amines) is 1. The molecule has 2 N–H and O–H groups in total. The Morgan fingerprint density at radius 2 is 1.93 bits per heavy atom. The summed E-state index contributed by atoms with van der Waals surface area (Å²) >= 11 is 0. The zero-order valence-corrected chi connectivity index (χ0v) is 9.71. The van der Waals surface area contributed by atoms with E-state index in [1.165, 1.54) is 12.8 Å². The molecule has 0 spiro atoms.